The van der Waals surface area contributed by atoms with Crippen LogP contribution >= 0.6 is 0 Å². The molecule has 0 unspecified atom stereocenters. The van der Waals surface area contributed by atoms with Crippen molar-refractivity contribution in [3.05, 3.63) is 84.4 Å². The number of hydrogen-bond donors (Lipinski definition) is 3. The van der Waals surface area contributed by atoms with E-state index in [0.29, 0.717) is 12.8 Å². The van der Waals surface area contributed by atoms with Crippen LogP contribution in [-0.4, -0.2) is 35.2 Å². The van der Waals surface area contributed by atoms with E-state index < -0.39 is 30.1 Å². The highest BCUT2D eigenvalue weighted by Gasteiger charge is 2.27. The van der Waals surface area contributed by atoms with E-state index >= 15 is 0 Å². The molecule has 2 aromatic carbocycles. The molecule has 3 N–H and O–H groups in total. The van der Waals surface area contributed by atoms with Gasteiger partial charge in [-0.2, -0.15) is 0 Å². The highest BCUT2D eigenvalue weighted by atomic mass is 16.5. The van der Waals surface area contributed by atoms with Gasteiger partial charge in [-0.25, -0.2) is 9.59 Å². The fourth-order valence-electron chi connectivity index (χ4n) is 3.49. The lowest BCUT2D eigenvalue weighted by molar-refractivity contribution is -0.142. The lowest BCUT2D eigenvalue weighted by atomic mass is 10.0. The Kier molecular flexibility index (Phi) is 12.0. The molecule has 2 amide bonds. The van der Waals surface area contributed by atoms with E-state index in [9.17, 15) is 19.5 Å². The number of aliphatic carboxylic acids is 1. The first-order chi connectivity index (χ1) is 16.5. The van der Waals surface area contributed by atoms with E-state index in [0.717, 1.165) is 36.8 Å². The smallest absolute Gasteiger partial charge is 0.408 e. The monoisotopic (exact) mass is 466 g/mol. The van der Waals surface area contributed by atoms with Crippen molar-refractivity contribution in [2.75, 3.05) is 0 Å². The number of carboxylic acid groups (broad SMARTS) is 1. The molecule has 2 atom stereocenters. The number of allylic oxidation sites excluding steroid dienone is 1. The molecule has 182 valence electrons. The number of ether oxygens (including phenoxy) is 1. The van der Waals surface area contributed by atoms with Crippen LogP contribution in [0, 0.1) is 0 Å². The molecule has 0 saturated carbocycles. The summed E-state index contributed by atoms with van der Waals surface area (Å²) in [5, 5.41) is 14.8. The summed E-state index contributed by atoms with van der Waals surface area (Å²) in [5.74, 6) is -1.65. The molecular formula is C27H34N2O5. The van der Waals surface area contributed by atoms with Gasteiger partial charge in [0, 0.05) is 6.42 Å². The molecule has 2 rings (SSSR count). The van der Waals surface area contributed by atoms with Crippen molar-refractivity contribution in [1.29, 1.82) is 0 Å². The molecule has 0 bridgehead atoms. The largest absolute Gasteiger partial charge is 0.480 e. The third kappa shape index (κ3) is 10.3. The molecule has 0 aliphatic heterocycles. The van der Waals surface area contributed by atoms with Gasteiger partial charge >= 0.3 is 12.1 Å². The number of alkyl carbamates (subject to hydrolysis) is 1. The van der Waals surface area contributed by atoms with Crippen LogP contribution in [0.4, 0.5) is 4.79 Å². The Labute approximate surface area is 201 Å². The summed E-state index contributed by atoms with van der Waals surface area (Å²) < 4.78 is 5.26. The molecule has 2 aromatic rings. The van der Waals surface area contributed by atoms with E-state index in [1.165, 1.54) is 0 Å². The summed E-state index contributed by atoms with van der Waals surface area (Å²) in [6.07, 6.45) is 6.16. The van der Waals surface area contributed by atoms with Crippen molar-refractivity contribution in [3.8, 4) is 0 Å². The Bertz CT molecular complexity index is 902. The molecular weight excluding hydrogens is 432 g/mol. The Morgan fingerprint density at radius 1 is 0.853 bits per heavy atom. The number of benzene rings is 2. The molecule has 7 nitrogen and oxygen atoms in total. The zero-order valence-corrected chi connectivity index (χ0v) is 19.4. The molecule has 0 radical (unpaired) electrons. The number of unbranched alkanes of at least 4 members (excludes halogenated alkanes) is 4. The van der Waals surface area contributed by atoms with Crippen LogP contribution in [-0.2, 0) is 27.4 Å². The lowest BCUT2D eigenvalue weighted by Crippen LogP contribution is -2.52. The summed E-state index contributed by atoms with van der Waals surface area (Å²) >= 11 is 0. The zero-order chi connectivity index (χ0) is 24.6. The van der Waals surface area contributed by atoms with Crippen molar-refractivity contribution in [2.45, 2.75) is 63.6 Å². The standard InChI is InChI=1S/C27H34N2O5/c1-2-3-4-5-6-13-18-23(26(31)32)28-25(30)24(19-21-14-9-7-10-15-21)29-27(33)34-20-22-16-11-8-12-17-22/h2,7-12,14-17,23-24H,1,3-6,13,18-20H2,(H,28,30)(H,29,33)(H,31,32)/t23-,24+/m0/s1. The number of nitrogens with one attached hydrogen (secondary N) is 2. The number of amides is 2. The van der Waals surface area contributed by atoms with Crippen LogP contribution < -0.4 is 10.6 Å². The fourth-order valence-corrected chi connectivity index (χ4v) is 3.49. The van der Waals surface area contributed by atoms with Crippen LogP contribution in [0.5, 0.6) is 0 Å². The summed E-state index contributed by atoms with van der Waals surface area (Å²) in [7, 11) is 0. The first-order valence-corrected chi connectivity index (χ1v) is 11.6. The van der Waals surface area contributed by atoms with Crippen molar-refractivity contribution in [2.24, 2.45) is 0 Å². The van der Waals surface area contributed by atoms with Crippen LogP contribution in [0.1, 0.15) is 49.7 Å². The van der Waals surface area contributed by atoms with Gasteiger partial charge in [0.2, 0.25) is 5.91 Å². The number of hydrogen-bond acceptors (Lipinski definition) is 4. The van der Waals surface area contributed by atoms with Gasteiger partial charge in [0.05, 0.1) is 0 Å². The van der Waals surface area contributed by atoms with Crippen LogP contribution in [0.3, 0.4) is 0 Å². The zero-order valence-electron chi connectivity index (χ0n) is 19.4. The summed E-state index contributed by atoms with van der Waals surface area (Å²) in [4.78, 5) is 37.1. The Morgan fingerprint density at radius 3 is 2.09 bits per heavy atom. The molecule has 0 saturated heterocycles. The highest BCUT2D eigenvalue weighted by Crippen LogP contribution is 2.10. The van der Waals surface area contributed by atoms with E-state index in [2.05, 4.69) is 17.2 Å². The molecule has 0 fully saturated rings. The van der Waals surface area contributed by atoms with E-state index in [1.807, 2.05) is 66.7 Å². The predicted molar refractivity (Wildman–Crippen MR) is 131 cm³/mol. The summed E-state index contributed by atoms with van der Waals surface area (Å²) in [6, 6.07) is 16.4. The maximum atomic E-state index is 13.0. The SMILES string of the molecule is C=CCCCCCC[C@H](NC(=O)[C@@H](Cc1ccccc1)NC(=O)OCc1ccccc1)C(=O)O. The Hall–Kier alpha value is -3.61. The van der Waals surface area contributed by atoms with Gasteiger partial charge < -0.3 is 20.5 Å². The predicted octanol–water partition coefficient (Wildman–Crippen LogP) is 4.62. The number of carbonyl (C=O) groups is 3. The molecule has 0 aliphatic carbocycles. The van der Waals surface area contributed by atoms with E-state index in [-0.39, 0.29) is 13.0 Å². The first kappa shape index (κ1) is 26.6. The van der Waals surface area contributed by atoms with Gasteiger partial charge in [-0.15, -0.1) is 6.58 Å². The lowest BCUT2D eigenvalue weighted by Gasteiger charge is -2.21. The maximum Gasteiger partial charge on any atom is 0.408 e. The maximum absolute atomic E-state index is 13.0. The molecule has 34 heavy (non-hydrogen) atoms. The Morgan fingerprint density at radius 2 is 1.47 bits per heavy atom. The van der Waals surface area contributed by atoms with E-state index in [4.69, 9.17) is 4.74 Å². The minimum Gasteiger partial charge on any atom is -0.480 e. The average molecular weight is 467 g/mol. The van der Waals surface area contributed by atoms with Crippen molar-refractivity contribution in [1.82, 2.24) is 10.6 Å². The number of carbonyl (C=O) groups excluding carboxylic acids is 2. The first-order valence-electron chi connectivity index (χ1n) is 11.6. The van der Waals surface area contributed by atoms with Crippen LogP contribution in [0.2, 0.25) is 0 Å². The van der Waals surface area contributed by atoms with E-state index in [1.54, 1.807) is 0 Å². The average Bonchev–Trinajstić information content (AvgIpc) is 2.84. The third-order valence-corrected chi connectivity index (χ3v) is 5.37. The van der Waals surface area contributed by atoms with Crippen molar-refractivity contribution < 1.29 is 24.2 Å². The van der Waals surface area contributed by atoms with Gasteiger partial charge in [0.1, 0.15) is 18.7 Å². The molecule has 0 aromatic heterocycles. The second-order valence-corrected chi connectivity index (χ2v) is 8.13. The second kappa shape index (κ2) is 15.3. The minimum absolute atomic E-state index is 0.0654. The topological polar surface area (TPSA) is 105 Å². The highest BCUT2D eigenvalue weighted by molar-refractivity contribution is 5.89. The molecule has 0 spiro atoms. The van der Waals surface area contributed by atoms with Gasteiger partial charge in [-0.1, -0.05) is 86.0 Å². The molecule has 0 aliphatic rings. The number of rotatable bonds is 15. The van der Waals surface area contributed by atoms with Gasteiger partial charge in [0.25, 0.3) is 0 Å². The van der Waals surface area contributed by atoms with Gasteiger partial charge in [-0.3, -0.25) is 4.79 Å². The fraction of sp³-hybridized carbons (Fsp3) is 0.370. The van der Waals surface area contributed by atoms with Crippen molar-refractivity contribution in [3.63, 3.8) is 0 Å². The third-order valence-electron chi connectivity index (χ3n) is 5.37. The summed E-state index contributed by atoms with van der Waals surface area (Å²) in [5.41, 5.74) is 1.65. The van der Waals surface area contributed by atoms with Gasteiger partial charge in [-0.05, 0) is 30.4 Å². The van der Waals surface area contributed by atoms with Crippen LogP contribution in [0.15, 0.2) is 73.3 Å². The van der Waals surface area contributed by atoms with Crippen molar-refractivity contribution >= 4 is 18.0 Å². The van der Waals surface area contributed by atoms with Crippen LogP contribution in [0.25, 0.3) is 0 Å². The minimum atomic E-state index is -1.09. The molecule has 7 heteroatoms. The summed E-state index contributed by atoms with van der Waals surface area (Å²) in [6.45, 7) is 3.76. The second-order valence-electron chi connectivity index (χ2n) is 8.13. The molecule has 0 heterocycles. The number of carboxylic acids is 1. The van der Waals surface area contributed by atoms with Gasteiger partial charge in [0.15, 0.2) is 0 Å². The quantitative estimate of drug-likeness (QED) is 0.262. The normalized spacial score (nSPS) is 12.2. The Balaban J connectivity index is 1.96.